The van der Waals surface area contributed by atoms with Gasteiger partial charge in [-0.1, -0.05) is 6.07 Å². The largest absolute Gasteiger partial charge is 0.481 e. The Morgan fingerprint density at radius 2 is 1.97 bits per heavy atom. The third kappa shape index (κ3) is 3.69. The minimum atomic E-state index is -0.354. The van der Waals surface area contributed by atoms with Crippen LogP contribution in [0.25, 0.3) is 10.9 Å². The maximum atomic E-state index is 12.4. The molecule has 1 fully saturated rings. The van der Waals surface area contributed by atoms with Crippen molar-refractivity contribution in [3.63, 3.8) is 0 Å². The maximum Gasteiger partial charge on any atom is 0.323 e. The molecule has 1 aromatic heterocycles. The second kappa shape index (κ2) is 7.72. The summed E-state index contributed by atoms with van der Waals surface area (Å²) in [4.78, 5) is 29.7. The smallest absolute Gasteiger partial charge is 0.323 e. The molecule has 8 nitrogen and oxygen atoms in total. The van der Waals surface area contributed by atoms with Crippen molar-refractivity contribution < 1.29 is 19.1 Å². The van der Waals surface area contributed by atoms with Gasteiger partial charge < -0.3 is 30.0 Å². The average molecular weight is 406 g/mol. The number of benzene rings is 2. The minimum absolute atomic E-state index is 0.00755. The van der Waals surface area contributed by atoms with Crippen molar-refractivity contribution in [3.05, 3.63) is 48.7 Å². The van der Waals surface area contributed by atoms with Gasteiger partial charge in [0, 0.05) is 48.2 Å². The molecule has 2 aliphatic heterocycles. The SMILES string of the molecule is O=C(Nc1ccc2c(c1)OCC(=O)N2CC1CCOC1)Nc1ccc2cc[nH]c2c1. The molecule has 154 valence electrons. The highest BCUT2D eigenvalue weighted by Crippen LogP contribution is 2.35. The van der Waals surface area contributed by atoms with E-state index in [0.29, 0.717) is 36.2 Å². The number of amides is 3. The van der Waals surface area contributed by atoms with Crippen LogP contribution in [0.2, 0.25) is 0 Å². The van der Waals surface area contributed by atoms with Crippen molar-refractivity contribution >= 4 is 39.9 Å². The zero-order valence-electron chi connectivity index (χ0n) is 16.3. The molecule has 0 bridgehead atoms. The summed E-state index contributed by atoms with van der Waals surface area (Å²) in [7, 11) is 0. The first-order valence-electron chi connectivity index (χ1n) is 9.96. The lowest BCUT2D eigenvalue weighted by atomic mass is 10.1. The van der Waals surface area contributed by atoms with Crippen molar-refractivity contribution in [2.45, 2.75) is 6.42 Å². The number of anilines is 3. The van der Waals surface area contributed by atoms with Gasteiger partial charge in [-0.2, -0.15) is 0 Å². The average Bonchev–Trinajstić information content (AvgIpc) is 3.41. The number of hydrogen-bond donors (Lipinski definition) is 3. The first-order chi connectivity index (χ1) is 14.7. The first-order valence-corrected chi connectivity index (χ1v) is 9.96. The molecular formula is C22H22N4O4. The molecule has 30 heavy (non-hydrogen) atoms. The fraction of sp³-hybridized carbons (Fsp3) is 0.273. The first kappa shape index (κ1) is 18.5. The Bertz CT molecular complexity index is 1100. The summed E-state index contributed by atoms with van der Waals surface area (Å²) in [6, 6.07) is 12.6. The predicted octanol–water partition coefficient (Wildman–Crippen LogP) is 3.57. The van der Waals surface area contributed by atoms with Crippen LogP contribution >= 0.6 is 0 Å². The van der Waals surface area contributed by atoms with Crippen molar-refractivity contribution in [2.75, 3.05) is 41.9 Å². The highest BCUT2D eigenvalue weighted by molar-refractivity contribution is 6.02. The Morgan fingerprint density at radius 1 is 1.13 bits per heavy atom. The molecule has 1 saturated heterocycles. The number of rotatable bonds is 4. The molecule has 1 atom stereocenters. The third-order valence-corrected chi connectivity index (χ3v) is 5.44. The lowest BCUT2D eigenvalue weighted by Crippen LogP contribution is -2.41. The van der Waals surface area contributed by atoms with E-state index in [0.717, 1.165) is 29.6 Å². The number of aromatic nitrogens is 1. The van der Waals surface area contributed by atoms with Crippen LogP contribution in [0.3, 0.4) is 0 Å². The van der Waals surface area contributed by atoms with E-state index in [2.05, 4.69) is 15.6 Å². The van der Waals surface area contributed by atoms with Gasteiger partial charge in [-0.05, 0) is 42.1 Å². The van der Waals surface area contributed by atoms with Gasteiger partial charge in [0.05, 0.1) is 12.3 Å². The van der Waals surface area contributed by atoms with Crippen molar-refractivity contribution in [1.82, 2.24) is 4.98 Å². The number of H-pyrrole nitrogens is 1. The van der Waals surface area contributed by atoms with E-state index in [1.54, 1.807) is 17.0 Å². The Hall–Kier alpha value is -3.52. The molecule has 0 aliphatic carbocycles. The van der Waals surface area contributed by atoms with Crippen LogP contribution in [-0.4, -0.2) is 43.3 Å². The van der Waals surface area contributed by atoms with Gasteiger partial charge in [0.25, 0.3) is 5.91 Å². The van der Waals surface area contributed by atoms with Crippen LogP contribution in [-0.2, 0) is 9.53 Å². The molecule has 3 N–H and O–H groups in total. The summed E-state index contributed by atoms with van der Waals surface area (Å²) >= 11 is 0. The molecule has 0 radical (unpaired) electrons. The van der Waals surface area contributed by atoms with Gasteiger partial charge in [-0.25, -0.2) is 4.79 Å². The summed E-state index contributed by atoms with van der Waals surface area (Å²) in [6.45, 7) is 2.02. The van der Waals surface area contributed by atoms with Crippen LogP contribution < -0.4 is 20.3 Å². The number of carbonyl (C=O) groups is 2. The molecule has 0 spiro atoms. The van der Waals surface area contributed by atoms with Crippen LogP contribution in [0, 0.1) is 5.92 Å². The lowest BCUT2D eigenvalue weighted by Gasteiger charge is -2.31. The number of hydrogen-bond acceptors (Lipinski definition) is 4. The van der Waals surface area contributed by atoms with Crippen molar-refractivity contribution in [2.24, 2.45) is 5.92 Å². The number of nitrogens with one attached hydrogen (secondary N) is 3. The molecule has 2 aromatic carbocycles. The molecule has 0 saturated carbocycles. The number of fused-ring (bicyclic) bond motifs is 2. The molecule has 3 aromatic rings. The van der Waals surface area contributed by atoms with E-state index in [1.165, 1.54) is 0 Å². The van der Waals surface area contributed by atoms with Crippen molar-refractivity contribution in [3.8, 4) is 5.75 Å². The van der Waals surface area contributed by atoms with E-state index in [9.17, 15) is 9.59 Å². The van der Waals surface area contributed by atoms with E-state index >= 15 is 0 Å². The molecule has 3 heterocycles. The summed E-state index contributed by atoms with van der Waals surface area (Å²) in [5.74, 6) is 0.854. The quantitative estimate of drug-likeness (QED) is 0.617. The summed E-state index contributed by atoms with van der Waals surface area (Å²) in [6.07, 6.45) is 2.81. The fourth-order valence-electron chi connectivity index (χ4n) is 3.89. The minimum Gasteiger partial charge on any atom is -0.481 e. The Balaban J connectivity index is 1.28. The maximum absolute atomic E-state index is 12.4. The Kier molecular flexibility index (Phi) is 4.76. The molecule has 2 aliphatic rings. The van der Waals surface area contributed by atoms with Gasteiger partial charge in [-0.15, -0.1) is 0 Å². The van der Waals surface area contributed by atoms with Gasteiger partial charge in [0.2, 0.25) is 0 Å². The molecule has 8 heteroatoms. The van der Waals surface area contributed by atoms with Gasteiger partial charge >= 0.3 is 6.03 Å². The van der Waals surface area contributed by atoms with Crippen LogP contribution in [0.4, 0.5) is 21.9 Å². The fourth-order valence-corrected chi connectivity index (χ4v) is 3.89. The lowest BCUT2D eigenvalue weighted by molar-refractivity contribution is -0.121. The molecular weight excluding hydrogens is 384 g/mol. The highest BCUT2D eigenvalue weighted by atomic mass is 16.5. The Labute approximate surface area is 173 Å². The van der Waals surface area contributed by atoms with Crippen molar-refractivity contribution in [1.29, 1.82) is 0 Å². The number of urea groups is 1. The van der Waals surface area contributed by atoms with E-state index in [-0.39, 0.29) is 18.5 Å². The number of nitrogens with zero attached hydrogens (tertiary/aromatic N) is 1. The standard InChI is InChI=1S/C22H22N4O4/c27-21-13-30-20-10-17(3-4-19(20)26(21)11-14-6-8-29-12-14)25-22(28)24-16-2-1-15-5-7-23-18(15)9-16/h1-5,7,9-10,14,23H,6,8,11-13H2,(H2,24,25,28). The number of carbonyl (C=O) groups excluding carboxylic acids is 2. The number of aromatic amines is 1. The van der Waals surface area contributed by atoms with Crippen LogP contribution in [0.1, 0.15) is 6.42 Å². The predicted molar refractivity (Wildman–Crippen MR) is 114 cm³/mol. The summed E-state index contributed by atoms with van der Waals surface area (Å²) < 4.78 is 11.0. The topological polar surface area (TPSA) is 95.7 Å². The molecule has 5 rings (SSSR count). The summed E-state index contributed by atoms with van der Waals surface area (Å²) in [5.41, 5.74) is 2.95. The van der Waals surface area contributed by atoms with Gasteiger partial charge in [0.15, 0.2) is 6.61 Å². The van der Waals surface area contributed by atoms with E-state index < -0.39 is 0 Å². The monoisotopic (exact) mass is 406 g/mol. The summed E-state index contributed by atoms with van der Waals surface area (Å²) in [5, 5.41) is 6.72. The second-order valence-electron chi connectivity index (χ2n) is 7.56. The number of ether oxygens (including phenoxy) is 2. The highest BCUT2D eigenvalue weighted by Gasteiger charge is 2.29. The van der Waals surface area contributed by atoms with E-state index in [1.807, 2.05) is 36.5 Å². The third-order valence-electron chi connectivity index (χ3n) is 5.44. The zero-order chi connectivity index (χ0) is 20.5. The van der Waals surface area contributed by atoms with E-state index in [4.69, 9.17) is 9.47 Å². The molecule has 3 amide bonds. The Morgan fingerprint density at radius 3 is 2.80 bits per heavy atom. The normalized spacial score (nSPS) is 18.2. The van der Waals surface area contributed by atoms with Crippen LogP contribution in [0.15, 0.2) is 48.7 Å². The second-order valence-corrected chi connectivity index (χ2v) is 7.56. The molecule has 1 unspecified atom stereocenters. The van der Waals surface area contributed by atoms with Crippen LogP contribution in [0.5, 0.6) is 5.75 Å². The van der Waals surface area contributed by atoms with Gasteiger partial charge in [0.1, 0.15) is 5.75 Å². The van der Waals surface area contributed by atoms with Gasteiger partial charge in [-0.3, -0.25) is 4.79 Å². The zero-order valence-corrected chi connectivity index (χ0v) is 16.3.